The second-order valence-electron chi connectivity index (χ2n) is 11.3. The minimum atomic E-state index is -6.03. The predicted octanol–water partition coefficient (Wildman–Crippen LogP) is 1.89. The zero-order valence-electron chi connectivity index (χ0n) is 18.7. The summed E-state index contributed by atoms with van der Waals surface area (Å²) in [7, 11) is -11.3. The summed E-state index contributed by atoms with van der Waals surface area (Å²) in [4.78, 5) is 11.8. The van der Waals surface area contributed by atoms with E-state index in [4.69, 9.17) is 13.7 Å². The fraction of sp³-hybridized carbons (Fsp3) is 0.952. The highest BCUT2D eigenvalue weighted by molar-refractivity contribution is 8.03. The molecule has 0 aromatic rings. The molecule has 0 radical (unpaired) electrons. The van der Waals surface area contributed by atoms with Crippen molar-refractivity contribution >= 4 is 26.3 Å². The molecule has 7 aliphatic rings. The van der Waals surface area contributed by atoms with Crippen LogP contribution in [0, 0.1) is 41.4 Å². The molecule has 1 saturated heterocycles. The Hall–Kier alpha value is -0.960. The monoisotopic (exact) mass is 543 g/mol. The van der Waals surface area contributed by atoms with E-state index in [1.165, 1.54) is 0 Å². The number of hydrogen-bond acceptors (Lipinski definition) is 8. The average molecular weight is 544 g/mol. The van der Waals surface area contributed by atoms with Gasteiger partial charge < -0.3 is 9.47 Å². The first-order valence-electron chi connectivity index (χ1n) is 12.1. The van der Waals surface area contributed by atoms with Gasteiger partial charge in [0.15, 0.2) is 0 Å². The lowest BCUT2D eigenvalue weighted by Gasteiger charge is -2.54. The number of sulfonamides is 1. The van der Waals surface area contributed by atoms with E-state index in [1.54, 1.807) is 0 Å². The standard InChI is InChI=1S/C21H28F3NO8S2/c22-16(8-31-17-11-2-9-1-10(4-11)5-12(17)3-9)21(23,24)34(27,28)25-35(29,30)33-18-13-6-14-15(7-13)20(26)32-19(14)18/h9-19,25H,1-8H2. The first-order valence-corrected chi connectivity index (χ1v) is 15.0. The van der Waals surface area contributed by atoms with Gasteiger partial charge in [0.25, 0.3) is 10.0 Å². The molecule has 6 atom stereocenters. The fourth-order valence-corrected chi connectivity index (χ4v) is 10.6. The van der Waals surface area contributed by atoms with Crippen molar-refractivity contribution in [1.29, 1.82) is 0 Å². The third-order valence-electron chi connectivity index (χ3n) is 9.16. The smallest absolute Gasteiger partial charge is 0.392 e. The third-order valence-corrected chi connectivity index (χ3v) is 12.3. The SMILES string of the molecule is O=C1OC2C3CC(CC13)C2OS(=O)(=O)NS(=O)(=O)C(F)(F)C(F)COC1C2CC3CC(C2)CC1C3. The maximum absolute atomic E-state index is 14.6. The summed E-state index contributed by atoms with van der Waals surface area (Å²) < 4.78 is 109. The van der Waals surface area contributed by atoms with Gasteiger partial charge in [0.1, 0.15) is 12.2 Å². The molecule has 6 bridgehead atoms. The number of fused-ring (bicyclic) bond motifs is 1. The van der Waals surface area contributed by atoms with Crippen LogP contribution in [-0.2, 0) is 38.8 Å². The molecular weight excluding hydrogens is 515 g/mol. The van der Waals surface area contributed by atoms with Gasteiger partial charge in [-0.1, -0.05) is 4.13 Å². The van der Waals surface area contributed by atoms with Crippen molar-refractivity contribution in [3.8, 4) is 0 Å². The zero-order valence-corrected chi connectivity index (χ0v) is 20.4. The van der Waals surface area contributed by atoms with Gasteiger partial charge in [-0.05, 0) is 74.5 Å². The molecule has 1 heterocycles. The number of hydrogen-bond donors (Lipinski definition) is 1. The highest BCUT2D eigenvalue weighted by atomic mass is 32.3. The number of carbonyl (C=O) groups is 1. The Morgan fingerprint density at radius 2 is 1.54 bits per heavy atom. The predicted molar refractivity (Wildman–Crippen MR) is 112 cm³/mol. The first-order chi connectivity index (χ1) is 16.3. The van der Waals surface area contributed by atoms with Crippen LogP contribution in [0.1, 0.15) is 44.9 Å². The average Bonchev–Trinajstić information content (AvgIpc) is 3.37. The largest absolute Gasteiger partial charge is 0.459 e. The van der Waals surface area contributed by atoms with Crippen molar-refractivity contribution in [1.82, 2.24) is 4.13 Å². The van der Waals surface area contributed by atoms with Gasteiger partial charge in [-0.15, -0.1) is 0 Å². The van der Waals surface area contributed by atoms with Gasteiger partial charge in [-0.2, -0.15) is 17.2 Å². The maximum atomic E-state index is 14.6. The summed E-state index contributed by atoms with van der Waals surface area (Å²) in [5, 5.41) is -5.07. The van der Waals surface area contributed by atoms with Gasteiger partial charge in [0, 0.05) is 5.92 Å². The van der Waals surface area contributed by atoms with Crippen molar-refractivity contribution in [2.45, 2.75) is 74.7 Å². The summed E-state index contributed by atoms with van der Waals surface area (Å²) in [6.45, 7) is -1.16. The number of carbonyl (C=O) groups excluding carboxylic acids is 1. The quantitative estimate of drug-likeness (QED) is 0.437. The third kappa shape index (κ3) is 3.93. The van der Waals surface area contributed by atoms with E-state index >= 15 is 0 Å². The molecule has 6 aliphatic carbocycles. The Balaban J connectivity index is 1.08. The molecule has 6 unspecified atom stereocenters. The van der Waals surface area contributed by atoms with E-state index in [2.05, 4.69) is 0 Å². The molecule has 0 aromatic heterocycles. The highest BCUT2D eigenvalue weighted by Gasteiger charge is 2.64. The Kier molecular flexibility index (Phi) is 5.59. The van der Waals surface area contributed by atoms with Gasteiger partial charge in [0.05, 0.1) is 18.6 Å². The van der Waals surface area contributed by atoms with E-state index in [1.807, 2.05) is 0 Å². The fourth-order valence-electron chi connectivity index (χ4n) is 8.00. The molecule has 1 aliphatic heterocycles. The van der Waals surface area contributed by atoms with E-state index < -0.39 is 62.6 Å². The molecular formula is C21H28F3NO8S2. The van der Waals surface area contributed by atoms with Gasteiger partial charge >= 0.3 is 21.5 Å². The van der Waals surface area contributed by atoms with E-state index in [-0.39, 0.29) is 29.6 Å². The Morgan fingerprint density at radius 1 is 0.943 bits per heavy atom. The lowest BCUT2D eigenvalue weighted by Crippen LogP contribution is -2.53. The molecule has 9 nitrogen and oxygen atoms in total. The van der Waals surface area contributed by atoms with E-state index in [9.17, 15) is 34.8 Å². The normalized spacial score (nSPS) is 44.7. The summed E-state index contributed by atoms with van der Waals surface area (Å²) in [6, 6.07) is 0. The molecule has 35 heavy (non-hydrogen) atoms. The zero-order chi connectivity index (χ0) is 24.9. The molecule has 7 rings (SSSR count). The van der Waals surface area contributed by atoms with Crippen LogP contribution in [0.3, 0.4) is 0 Å². The van der Waals surface area contributed by atoms with Crippen LogP contribution in [0.5, 0.6) is 0 Å². The number of rotatable bonds is 9. The topological polar surface area (TPSA) is 125 Å². The van der Waals surface area contributed by atoms with Crippen LogP contribution in [0.15, 0.2) is 0 Å². The molecule has 7 fully saturated rings. The number of nitrogens with one attached hydrogen (secondary N) is 1. The Morgan fingerprint density at radius 3 is 2.17 bits per heavy atom. The second kappa shape index (κ2) is 8.02. The minimum absolute atomic E-state index is 0.154. The molecule has 1 N–H and O–H groups in total. The second-order valence-corrected chi connectivity index (χ2v) is 14.6. The summed E-state index contributed by atoms with van der Waals surface area (Å²) in [5.74, 6) is 0.0240. The summed E-state index contributed by atoms with van der Waals surface area (Å²) >= 11 is 0. The number of ether oxygens (including phenoxy) is 2. The van der Waals surface area contributed by atoms with E-state index in [0.29, 0.717) is 24.7 Å². The molecule has 0 spiro atoms. The van der Waals surface area contributed by atoms with Gasteiger partial charge in [-0.3, -0.25) is 4.79 Å². The van der Waals surface area contributed by atoms with Gasteiger partial charge in [-0.25, -0.2) is 17.0 Å². The number of esters is 1. The van der Waals surface area contributed by atoms with Crippen molar-refractivity contribution < 1.29 is 48.5 Å². The maximum Gasteiger partial charge on any atom is 0.392 e. The van der Waals surface area contributed by atoms with Crippen LogP contribution in [0.25, 0.3) is 0 Å². The Labute approximate surface area is 201 Å². The lowest BCUT2D eigenvalue weighted by atomic mass is 9.55. The molecule has 6 saturated carbocycles. The molecule has 0 aromatic carbocycles. The molecule has 14 heteroatoms. The Bertz CT molecular complexity index is 1090. The van der Waals surface area contributed by atoms with Crippen LogP contribution in [0.2, 0.25) is 0 Å². The van der Waals surface area contributed by atoms with Crippen LogP contribution in [-0.4, -0.2) is 59.1 Å². The number of halogens is 3. The number of alkyl halides is 3. The van der Waals surface area contributed by atoms with Crippen LogP contribution >= 0.6 is 0 Å². The minimum Gasteiger partial charge on any atom is -0.459 e. The first kappa shape index (κ1) is 24.4. The van der Waals surface area contributed by atoms with Crippen molar-refractivity contribution in [2.75, 3.05) is 6.61 Å². The summed E-state index contributed by atoms with van der Waals surface area (Å²) in [6.07, 6.45) is -0.171. The van der Waals surface area contributed by atoms with Crippen LogP contribution in [0.4, 0.5) is 13.2 Å². The van der Waals surface area contributed by atoms with Crippen LogP contribution < -0.4 is 4.13 Å². The summed E-state index contributed by atoms with van der Waals surface area (Å²) in [5.41, 5.74) is 0. The van der Waals surface area contributed by atoms with Crippen molar-refractivity contribution in [2.24, 2.45) is 41.4 Å². The highest BCUT2D eigenvalue weighted by Crippen LogP contribution is 2.56. The van der Waals surface area contributed by atoms with Gasteiger partial charge in [0.2, 0.25) is 6.17 Å². The molecule has 0 amide bonds. The van der Waals surface area contributed by atoms with E-state index in [0.717, 1.165) is 36.2 Å². The lowest BCUT2D eigenvalue weighted by molar-refractivity contribution is -0.147. The molecule has 198 valence electrons. The van der Waals surface area contributed by atoms with Crippen molar-refractivity contribution in [3.63, 3.8) is 0 Å². The van der Waals surface area contributed by atoms with Crippen molar-refractivity contribution in [3.05, 3.63) is 0 Å².